The van der Waals surface area contributed by atoms with Crippen molar-refractivity contribution in [3.8, 4) is 0 Å². The first-order valence-corrected chi connectivity index (χ1v) is 9.23. The van der Waals surface area contributed by atoms with Gasteiger partial charge in [-0.25, -0.2) is 0 Å². The fraction of sp³-hybridized carbons (Fsp3) is 0.385. The minimum absolute atomic E-state index is 0.0406. The highest BCUT2D eigenvalue weighted by atomic mass is 32.2. The van der Waals surface area contributed by atoms with Crippen LogP contribution in [-0.4, -0.2) is 25.9 Å². The Labute approximate surface area is 125 Å². The lowest BCUT2D eigenvalue weighted by Gasteiger charge is -2.17. The third-order valence-electron chi connectivity index (χ3n) is 2.99. The van der Waals surface area contributed by atoms with Gasteiger partial charge in [-0.15, -0.1) is 6.58 Å². The standard InChI is InChI=1S/C13H18O6S2/c1-3-5-10-7-8-13(21(17,18)19)11(9-10)12(6-4-2)20(14,15)16/h3,7-9,12H,1,4-6H2,2H3,(H,14,15,16)(H,17,18,19). The first kappa shape index (κ1) is 17.8. The Hall–Kier alpha value is -1.22. The highest BCUT2D eigenvalue weighted by Crippen LogP contribution is 2.32. The number of allylic oxidation sites excluding steroid dienone is 1. The van der Waals surface area contributed by atoms with E-state index in [2.05, 4.69) is 6.58 Å². The van der Waals surface area contributed by atoms with Gasteiger partial charge in [0.25, 0.3) is 20.2 Å². The molecule has 6 nitrogen and oxygen atoms in total. The second-order valence-electron chi connectivity index (χ2n) is 4.63. The van der Waals surface area contributed by atoms with E-state index in [1.165, 1.54) is 12.1 Å². The third kappa shape index (κ3) is 4.63. The first-order valence-electron chi connectivity index (χ1n) is 6.28. The van der Waals surface area contributed by atoms with E-state index in [1.54, 1.807) is 13.0 Å². The van der Waals surface area contributed by atoms with E-state index >= 15 is 0 Å². The Morgan fingerprint density at radius 1 is 1.24 bits per heavy atom. The Kier molecular flexibility index (Phi) is 5.68. The van der Waals surface area contributed by atoms with Crippen molar-refractivity contribution in [1.82, 2.24) is 0 Å². The largest absolute Gasteiger partial charge is 0.294 e. The molecule has 1 unspecified atom stereocenters. The first-order chi connectivity index (χ1) is 9.61. The molecule has 2 N–H and O–H groups in total. The molecule has 0 radical (unpaired) electrons. The van der Waals surface area contributed by atoms with Gasteiger partial charge in [0.05, 0.1) is 4.90 Å². The molecule has 0 spiro atoms. The molecular formula is C13H18O6S2. The molecule has 1 aromatic rings. The molecule has 0 saturated heterocycles. The van der Waals surface area contributed by atoms with Crippen molar-refractivity contribution in [3.63, 3.8) is 0 Å². The van der Waals surface area contributed by atoms with Crippen molar-refractivity contribution < 1.29 is 25.9 Å². The Morgan fingerprint density at radius 3 is 2.29 bits per heavy atom. The van der Waals surface area contributed by atoms with E-state index in [0.29, 0.717) is 18.4 Å². The fourth-order valence-electron chi connectivity index (χ4n) is 2.11. The number of benzene rings is 1. The van der Waals surface area contributed by atoms with Crippen molar-refractivity contribution in [2.45, 2.75) is 36.3 Å². The summed E-state index contributed by atoms with van der Waals surface area (Å²) in [5.41, 5.74) is 0.512. The highest BCUT2D eigenvalue weighted by molar-refractivity contribution is 7.87. The molecule has 0 bridgehead atoms. The Balaban J connectivity index is 3.61. The summed E-state index contributed by atoms with van der Waals surface area (Å²) in [4.78, 5) is -0.508. The van der Waals surface area contributed by atoms with Crippen LogP contribution in [0.15, 0.2) is 35.7 Å². The number of rotatable bonds is 7. The number of hydrogen-bond acceptors (Lipinski definition) is 4. The average molecular weight is 334 g/mol. The zero-order valence-corrected chi connectivity index (χ0v) is 13.2. The molecule has 1 aromatic carbocycles. The lowest BCUT2D eigenvalue weighted by molar-refractivity contribution is 0.460. The maximum atomic E-state index is 11.5. The molecule has 0 aromatic heterocycles. The molecule has 0 fully saturated rings. The molecule has 0 amide bonds. The van der Waals surface area contributed by atoms with Crippen molar-refractivity contribution in [2.24, 2.45) is 0 Å². The van der Waals surface area contributed by atoms with Gasteiger partial charge in [0, 0.05) is 0 Å². The van der Waals surface area contributed by atoms with Gasteiger partial charge in [0.1, 0.15) is 5.25 Å². The maximum absolute atomic E-state index is 11.5. The van der Waals surface area contributed by atoms with Gasteiger partial charge >= 0.3 is 0 Å². The minimum atomic E-state index is -4.59. The molecule has 1 atom stereocenters. The Morgan fingerprint density at radius 2 is 1.86 bits per heavy atom. The van der Waals surface area contributed by atoms with Crippen LogP contribution in [0.4, 0.5) is 0 Å². The zero-order chi connectivity index (χ0) is 16.3. The van der Waals surface area contributed by atoms with Gasteiger partial charge in [-0.3, -0.25) is 9.11 Å². The van der Waals surface area contributed by atoms with Crippen LogP contribution in [0.5, 0.6) is 0 Å². The summed E-state index contributed by atoms with van der Waals surface area (Å²) >= 11 is 0. The van der Waals surface area contributed by atoms with Gasteiger partial charge in [-0.2, -0.15) is 16.8 Å². The average Bonchev–Trinajstić information content (AvgIpc) is 2.33. The molecule has 0 aliphatic carbocycles. The summed E-state index contributed by atoms with van der Waals surface area (Å²) in [6.07, 6.45) is 2.44. The van der Waals surface area contributed by atoms with Gasteiger partial charge in [0.15, 0.2) is 0 Å². The van der Waals surface area contributed by atoms with Crippen LogP contribution in [0.1, 0.15) is 36.1 Å². The summed E-state index contributed by atoms with van der Waals surface area (Å²) in [5, 5.41) is -1.40. The van der Waals surface area contributed by atoms with Crippen LogP contribution in [0, 0.1) is 0 Å². The molecule has 21 heavy (non-hydrogen) atoms. The van der Waals surface area contributed by atoms with Gasteiger partial charge in [-0.1, -0.05) is 31.6 Å². The molecule has 1 rings (SSSR count). The van der Waals surface area contributed by atoms with E-state index in [9.17, 15) is 25.9 Å². The molecule has 0 saturated carbocycles. The van der Waals surface area contributed by atoms with Crippen molar-refractivity contribution in [2.75, 3.05) is 0 Å². The zero-order valence-electron chi connectivity index (χ0n) is 11.6. The molecular weight excluding hydrogens is 316 g/mol. The second-order valence-corrected chi connectivity index (χ2v) is 7.62. The number of hydrogen-bond donors (Lipinski definition) is 2. The summed E-state index contributed by atoms with van der Waals surface area (Å²) in [7, 11) is -9.09. The minimum Gasteiger partial charge on any atom is -0.285 e. The monoisotopic (exact) mass is 334 g/mol. The van der Waals surface area contributed by atoms with E-state index in [1.807, 2.05) is 0 Å². The summed E-state index contributed by atoms with van der Waals surface area (Å²) in [5.74, 6) is 0. The summed E-state index contributed by atoms with van der Waals surface area (Å²) in [6.45, 7) is 5.26. The smallest absolute Gasteiger partial charge is 0.285 e. The molecule has 118 valence electrons. The van der Waals surface area contributed by atoms with Crippen LogP contribution < -0.4 is 0 Å². The van der Waals surface area contributed by atoms with Crippen LogP contribution in [0.3, 0.4) is 0 Å². The summed E-state index contributed by atoms with van der Waals surface area (Å²) < 4.78 is 64.5. The maximum Gasteiger partial charge on any atom is 0.294 e. The predicted octanol–water partition coefficient (Wildman–Crippen LogP) is 2.39. The van der Waals surface area contributed by atoms with Crippen molar-refractivity contribution >= 4 is 20.2 Å². The van der Waals surface area contributed by atoms with Crippen molar-refractivity contribution in [3.05, 3.63) is 42.0 Å². The highest BCUT2D eigenvalue weighted by Gasteiger charge is 2.30. The van der Waals surface area contributed by atoms with Crippen LogP contribution in [0.25, 0.3) is 0 Å². The Bertz CT molecular complexity index is 719. The molecule has 8 heteroatoms. The normalized spacial score (nSPS) is 13.9. The fourth-order valence-corrected chi connectivity index (χ4v) is 3.97. The summed E-state index contributed by atoms with van der Waals surface area (Å²) in [6, 6.07) is 3.96. The van der Waals surface area contributed by atoms with E-state index in [-0.39, 0.29) is 12.0 Å². The quantitative estimate of drug-likeness (QED) is 0.585. The van der Waals surface area contributed by atoms with E-state index in [0.717, 1.165) is 6.07 Å². The van der Waals surface area contributed by atoms with E-state index in [4.69, 9.17) is 0 Å². The molecule has 0 aliphatic rings. The van der Waals surface area contributed by atoms with Gasteiger partial charge in [-0.05, 0) is 30.0 Å². The van der Waals surface area contributed by atoms with Crippen LogP contribution in [-0.2, 0) is 26.7 Å². The SMILES string of the molecule is C=CCc1ccc(S(=O)(=O)O)c(C(CCC)S(=O)(=O)O)c1. The lowest BCUT2D eigenvalue weighted by Crippen LogP contribution is -2.16. The molecule has 0 aliphatic heterocycles. The van der Waals surface area contributed by atoms with Gasteiger partial charge in [0.2, 0.25) is 0 Å². The molecule has 0 heterocycles. The van der Waals surface area contributed by atoms with Gasteiger partial charge < -0.3 is 0 Å². The lowest BCUT2D eigenvalue weighted by atomic mass is 10.0. The van der Waals surface area contributed by atoms with Crippen LogP contribution in [0.2, 0.25) is 0 Å². The predicted molar refractivity (Wildman–Crippen MR) is 79.4 cm³/mol. The van der Waals surface area contributed by atoms with Crippen LogP contribution >= 0.6 is 0 Å². The third-order valence-corrected chi connectivity index (χ3v) is 5.13. The van der Waals surface area contributed by atoms with E-state index < -0.39 is 30.4 Å². The topological polar surface area (TPSA) is 109 Å². The second kappa shape index (κ2) is 6.69. The van der Waals surface area contributed by atoms with Crippen molar-refractivity contribution in [1.29, 1.82) is 0 Å².